The first-order valence-electron chi connectivity index (χ1n) is 7.46. The fourth-order valence-corrected chi connectivity index (χ4v) is 3.27. The van der Waals surface area contributed by atoms with E-state index >= 15 is 0 Å². The van der Waals surface area contributed by atoms with E-state index in [0.717, 1.165) is 18.2 Å². The molecule has 0 saturated carbocycles. The average Bonchev–Trinajstić information content (AvgIpc) is 2.64. The number of benzene rings is 2. The molecule has 0 amide bonds. The molecule has 0 aliphatic heterocycles. The molecular weight excluding hydrogens is 364 g/mol. The highest BCUT2D eigenvalue weighted by Gasteiger charge is 2.21. The van der Waals surface area contributed by atoms with Gasteiger partial charge in [-0.25, -0.2) is 13.1 Å². The van der Waals surface area contributed by atoms with E-state index in [1.165, 1.54) is 14.2 Å². The predicted molar refractivity (Wildman–Crippen MR) is 93.3 cm³/mol. The van der Waals surface area contributed by atoms with E-state index in [-0.39, 0.29) is 29.5 Å². The van der Waals surface area contributed by atoms with Gasteiger partial charge in [0, 0.05) is 18.7 Å². The number of ether oxygens (including phenoxy) is 3. The molecule has 2 rings (SSSR count). The van der Waals surface area contributed by atoms with E-state index in [1.54, 1.807) is 24.3 Å². The van der Waals surface area contributed by atoms with E-state index in [1.807, 2.05) is 0 Å². The minimum Gasteiger partial charge on any atom is -0.497 e. The number of methoxy groups -OCH3 is 2. The minimum atomic E-state index is -3.92. The van der Waals surface area contributed by atoms with Crippen LogP contribution in [0.25, 0.3) is 0 Å². The maximum atomic E-state index is 12.4. The molecule has 0 spiro atoms. The van der Waals surface area contributed by atoms with Gasteiger partial charge in [0.25, 0.3) is 5.69 Å². The van der Waals surface area contributed by atoms with Crippen LogP contribution >= 0.6 is 0 Å². The summed E-state index contributed by atoms with van der Waals surface area (Å²) in [5, 5.41) is 10.8. The van der Waals surface area contributed by atoms with Gasteiger partial charge in [-0.05, 0) is 18.2 Å². The van der Waals surface area contributed by atoms with E-state index in [2.05, 4.69) is 4.72 Å². The first kappa shape index (κ1) is 19.5. The van der Waals surface area contributed by atoms with E-state index < -0.39 is 14.9 Å². The van der Waals surface area contributed by atoms with Crippen LogP contribution in [0.3, 0.4) is 0 Å². The normalized spacial score (nSPS) is 11.0. The zero-order valence-corrected chi connectivity index (χ0v) is 15.0. The molecule has 0 unspecified atom stereocenters. The molecule has 0 aliphatic carbocycles. The average molecular weight is 382 g/mol. The van der Waals surface area contributed by atoms with Crippen LogP contribution in [0.2, 0.25) is 0 Å². The van der Waals surface area contributed by atoms with E-state index in [9.17, 15) is 18.5 Å². The number of rotatable bonds is 9. The Morgan fingerprint density at radius 3 is 2.46 bits per heavy atom. The lowest BCUT2D eigenvalue weighted by Crippen LogP contribution is -2.28. The number of nitro benzene ring substituents is 1. The van der Waals surface area contributed by atoms with Crippen molar-refractivity contribution in [2.45, 2.75) is 4.90 Å². The maximum absolute atomic E-state index is 12.4. The largest absolute Gasteiger partial charge is 0.497 e. The standard InChI is InChI=1S/C16H18N2O7S/c1-23-13-4-3-5-14(11-13)25-9-8-17-26(21,22)16-7-6-12(18(19)20)10-15(16)24-2/h3-7,10-11,17H,8-9H2,1-2H3. The van der Waals surface area contributed by atoms with Crippen LogP contribution in [0.5, 0.6) is 17.2 Å². The third-order valence-corrected chi connectivity index (χ3v) is 4.85. The molecule has 1 N–H and O–H groups in total. The Balaban J connectivity index is 2.01. The summed E-state index contributed by atoms with van der Waals surface area (Å²) >= 11 is 0. The number of sulfonamides is 1. The quantitative estimate of drug-likeness (QED) is 0.400. The Hall–Kier alpha value is -2.85. The summed E-state index contributed by atoms with van der Waals surface area (Å²) in [7, 11) is -1.14. The van der Waals surface area contributed by atoms with Gasteiger partial charge in [0.15, 0.2) is 0 Å². The molecule has 0 aromatic heterocycles. The van der Waals surface area contributed by atoms with Crippen molar-refractivity contribution in [2.75, 3.05) is 27.4 Å². The van der Waals surface area contributed by atoms with Crippen LogP contribution < -0.4 is 18.9 Å². The maximum Gasteiger partial charge on any atom is 0.273 e. The summed E-state index contributed by atoms with van der Waals surface area (Å²) in [4.78, 5) is 9.96. The van der Waals surface area contributed by atoms with Crippen LogP contribution in [0, 0.1) is 10.1 Å². The van der Waals surface area contributed by atoms with Crippen molar-refractivity contribution in [1.29, 1.82) is 0 Å². The summed E-state index contributed by atoms with van der Waals surface area (Å²) < 4.78 is 42.6. The van der Waals surface area contributed by atoms with Crippen molar-refractivity contribution < 1.29 is 27.6 Å². The van der Waals surface area contributed by atoms with Crippen molar-refractivity contribution in [3.05, 3.63) is 52.6 Å². The molecule has 10 heteroatoms. The number of nitrogens with one attached hydrogen (secondary N) is 1. The van der Waals surface area contributed by atoms with Gasteiger partial charge in [-0.1, -0.05) is 6.07 Å². The molecule has 0 heterocycles. The van der Waals surface area contributed by atoms with Crippen molar-refractivity contribution >= 4 is 15.7 Å². The van der Waals surface area contributed by atoms with Crippen LogP contribution in [-0.2, 0) is 10.0 Å². The molecule has 9 nitrogen and oxygen atoms in total. The Bertz CT molecular complexity index is 884. The highest BCUT2D eigenvalue weighted by Crippen LogP contribution is 2.28. The van der Waals surface area contributed by atoms with Gasteiger partial charge in [0.2, 0.25) is 10.0 Å². The van der Waals surface area contributed by atoms with Gasteiger partial charge in [-0.3, -0.25) is 10.1 Å². The van der Waals surface area contributed by atoms with Crippen molar-refractivity contribution in [3.8, 4) is 17.2 Å². The molecule has 0 bridgehead atoms. The fourth-order valence-electron chi connectivity index (χ4n) is 2.11. The smallest absolute Gasteiger partial charge is 0.273 e. The molecule has 140 valence electrons. The third-order valence-electron chi connectivity index (χ3n) is 3.35. The van der Waals surface area contributed by atoms with Gasteiger partial charge in [-0.2, -0.15) is 0 Å². The van der Waals surface area contributed by atoms with Gasteiger partial charge in [0.05, 0.1) is 25.2 Å². The molecule has 0 fully saturated rings. The van der Waals surface area contributed by atoms with Crippen LogP contribution in [0.15, 0.2) is 47.4 Å². The van der Waals surface area contributed by atoms with Crippen LogP contribution in [-0.4, -0.2) is 40.7 Å². The second kappa shape index (κ2) is 8.50. The first-order chi connectivity index (χ1) is 12.4. The summed E-state index contributed by atoms with van der Waals surface area (Å²) in [6, 6.07) is 10.2. The summed E-state index contributed by atoms with van der Waals surface area (Å²) in [5.74, 6) is 1.05. The van der Waals surface area contributed by atoms with Crippen molar-refractivity contribution in [3.63, 3.8) is 0 Å². The monoisotopic (exact) mass is 382 g/mol. The first-order valence-corrected chi connectivity index (χ1v) is 8.94. The third kappa shape index (κ3) is 4.83. The zero-order chi connectivity index (χ0) is 19.2. The molecule has 0 radical (unpaired) electrons. The molecule has 0 saturated heterocycles. The number of non-ortho nitro benzene ring substituents is 1. The summed E-state index contributed by atoms with van der Waals surface area (Å²) in [6.45, 7) is 0.0847. The number of nitrogens with zero attached hydrogens (tertiary/aromatic N) is 1. The Labute approximate surface area is 150 Å². The van der Waals surface area contributed by atoms with Gasteiger partial charge >= 0.3 is 0 Å². The van der Waals surface area contributed by atoms with Crippen LogP contribution in [0.1, 0.15) is 0 Å². The molecule has 0 atom stereocenters. The topological polar surface area (TPSA) is 117 Å². The lowest BCUT2D eigenvalue weighted by molar-refractivity contribution is -0.385. The van der Waals surface area contributed by atoms with Crippen molar-refractivity contribution in [2.24, 2.45) is 0 Å². The Kier molecular flexibility index (Phi) is 6.36. The molecule has 2 aromatic carbocycles. The fraction of sp³-hybridized carbons (Fsp3) is 0.250. The van der Waals surface area contributed by atoms with E-state index in [0.29, 0.717) is 11.5 Å². The highest BCUT2D eigenvalue weighted by atomic mass is 32.2. The summed E-state index contributed by atoms with van der Waals surface area (Å²) in [6.07, 6.45) is 0. The van der Waals surface area contributed by atoms with Gasteiger partial charge in [-0.15, -0.1) is 0 Å². The number of hydrogen-bond donors (Lipinski definition) is 1. The highest BCUT2D eigenvalue weighted by molar-refractivity contribution is 7.89. The molecule has 2 aromatic rings. The lowest BCUT2D eigenvalue weighted by atomic mass is 10.3. The zero-order valence-electron chi connectivity index (χ0n) is 14.2. The number of hydrogen-bond acceptors (Lipinski definition) is 7. The second-order valence-corrected chi connectivity index (χ2v) is 6.75. The molecular formula is C16H18N2O7S. The summed E-state index contributed by atoms with van der Waals surface area (Å²) in [5.41, 5.74) is -0.262. The van der Waals surface area contributed by atoms with Gasteiger partial charge in [0.1, 0.15) is 28.8 Å². The molecule has 0 aliphatic rings. The lowest BCUT2D eigenvalue weighted by Gasteiger charge is -2.11. The second-order valence-electron chi connectivity index (χ2n) is 5.02. The SMILES string of the molecule is COc1cccc(OCCNS(=O)(=O)c2ccc([N+](=O)[O-])cc2OC)c1. The van der Waals surface area contributed by atoms with E-state index in [4.69, 9.17) is 14.2 Å². The van der Waals surface area contributed by atoms with Crippen LogP contribution in [0.4, 0.5) is 5.69 Å². The van der Waals surface area contributed by atoms with Crippen molar-refractivity contribution in [1.82, 2.24) is 4.72 Å². The minimum absolute atomic E-state index is 0.000313. The Morgan fingerprint density at radius 1 is 1.08 bits per heavy atom. The molecule has 26 heavy (non-hydrogen) atoms. The Morgan fingerprint density at radius 2 is 1.81 bits per heavy atom. The number of nitro groups is 1. The van der Waals surface area contributed by atoms with Gasteiger partial charge < -0.3 is 14.2 Å². The predicted octanol–water partition coefficient (Wildman–Crippen LogP) is 1.97.